The van der Waals surface area contributed by atoms with Gasteiger partial charge in [-0.3, -0.25) is 4.79 Å². The molecule has 1 aromatic rings. The Morgan fingerprint density at radius 1 is 1.32 bits per heavy atom. The van der Waals surface area contributed by atoms with E-state index in [0.717, 1.165) is 18.2 Å². The monoisotopic (exact) mass is 273 g/mol. The summed E-state index contributed by atoms with van der Waals surface area (Å²) in [5.74, 6) is -1.38. The molecular weight excluding hydrogens is 256 g/mol. The van der Waals surface area contributed by atoms with E-state index in [2.05, 4.69) is 0 Å². The highest BCUT2D eigenvalue weighted by molar-refractivity contribution is 5.73. The summed E-state index contributed by atoms with van der Waals surface area (Å²) in [5.41, 5.74) is 0.112. The maximum atomic E-state index is 13.5. The minimum absolute atomic E-state index is 0.0395. The first-order chi connectivity index (χ1) is 8.97. The Bertz CT molecular complexity index is 436. The SMILES string of the molecule is COC(CN(Cc1cc(F)ccc1F)C(C)=O)OC. The summed E-state index contributed by atoms with van der Waals surface area (Å²) >= 11 is 0. The number of nitrogens with zero attached hydrogens (tertiary/aromatic N) is 1. The van der Waals surface area contributed by atoms with Crippen LogP contribution < -0.4 is 0 Å². The Balaban J connectivity index is 2.83. The number of carbonyl (C=O) groups excluding carboxylic acids is 1. The summed E-state index contributed by atoms with van der Waals surface area (Å²) < 4.78 is 36.6. The number of amides is 1. The van der Waals surface area contributed by atoms with Gasteiger partial charge in [0.05, 0.1) is 6.54 Å². The molecular formula is C13H17F2NO3. The van der Waals surface area contributed by atoms with E-state index in [1.54, 1.807) is 0 Å². The molecule has 0 heterocycles. The van der Waals surface area contributed by atoms with Gasteiger partial charge < -0.3 is 14.4 Å². The standard InChI is InChI=1S/C13H17F2NO3/c1-9(17)16(8-13(18-2)19-3)7-10-6-11(14)4-5-12(10)15/h4-6,13H,7-8H2,1-3H3. The molecule has 0 fully saturated rings. The topological polar surface area (TPSA) is 38.8 Å². The summed E-state index contributed by atoms with van der Waals surface area (Å²) in [6.45, 7) is 1.44. The Morgan fingerprint density at radius 2 is 1.95 bits per heavy atom. The molecule has 0 aliphatic heterocycles. The fourth-order valence-corrected chi connectivity index (χ4v) is 1.60. The predicted molar refractivity (Wildman–Crippen MR) is 65.3 cm³/mol. The molecule has 0 aliphatic rings. The zero-order valence-electron chi connectivity index (χ0n) is 11.2. The number of methoxy groups -OCH3 is 2. The van der Waals surface area contributed by atoms with Crippen molar-refractivity contribution in [2.24, 2.45) is 0 Å². The van der Waals surface area contributed by atoms with Gasteiger partial charge in [-0.25, -0.2) is 8.78 Å². The van der Waals surface area contributed by atoms with Crippen molar-refractivity contribution in [1.82, 2.24) is 4.90 Å². The molecule has 1 aromatic carbocycles. The van der Waals surface area contributed by atoms with Gasteiger partial charge >= 0.3 is 0 Å². The van der Waals surface area contributed by atoms with Crippen LogP contribution in [0.25, 0.3) is 0 Å². The molecule has 0 N–H and O–H groups in total. The molecule has 106 valence electrons. The lowest BCUT2D eigenvalue weighted by Crippen LogP contribution is -2.37. The van der Waals surface area contributed by atoms with Crippen LogP contribution in [-0.2, 0) is 20.8 Å². The van der Waals surface area contributed by atoms with Crippen LogP contribution in [0, 0.1) is 11.6 Å². The van der Waals surface area contributed by atoms with Gasteiger partial charge in [0.1, 0.15) is 11.6 Å². The van der Waals surface area contributed by atoms with E-state index in [4.69, 9.17) is 9.47 Å². The van der Waals surface area contributed by atoms with Gasteiger partial charge in [0.25, 0.3) is 0 Å². The van der Waals surface area contributed by atoms with Crippen molar-refractivity contribution < 1.29 is 23.0 Å². The third kappa shape index (κ3) is 4.57. The average Bonchev–Trinajstić information content (AvgIpc) is 2.38. The van der Waals surface area contributed by atoms with Crippen molar-refractivity contribution in [3.8, 4) is 0 Å². The van der Waals surface area contributed by atoms with Crippen LogP contribution in [0.4, 0.5) is 8.78 Å². The summed E-state index contributed by atoms with van der Waals surface area (Å²) in [7, 11) is 2.88. The van der Waals surface area contributed by atoms with E-state index in [1.807, 2.05) is 0 Å². The van der Waals surface area contributed by atoms with Gasteiger partial charge in [-0.05, 0) is 18.2 Å². The van der Waals surface area contributed by atoms with Gasteiger partial charge in [-0.2, -0.15) is 0 Å². The smallest absolute Gasteiger partial charge is 0.219 e. The third-order valence-corrected chi connectivity index (χ3v) is 2.71. The summed E-state index contributed by atoms with van der Waals surface area (Å²) in [6, 6.07) is 3.14. The Hall–Kier alpha value is -1.53. The van der Waals surface area contributed by atoms with Gasteiger partial charge in [0.15, 0.2) is 6.29 Å². The molecule has 0 unspecified atom stereocenters. The van der Waals surface area contributed by atoms with Crippen LogP contribution in [-0.4, -0.2) is 37.9 Å². The van der Waals surface area contributed by atoms with E-state index in [1.165, 1.54) is 26.0 Å². The van der Waals surface area contributed by atoms with E-state index >= 15 is 0 Å². The molecule has 0 saturated carbocycles. The molecule has 0 saturated heterocycles. The maximum absolute atomic E-state index is 13.5. The highest BCUT2D eigenvalue weighted by atomic mass is 19.1. The molecule has 4 nitrogen and oxygen atoms in total. The second kappa shape index (κ2) is 7.16. The van der Waals surface area contributed by atoms with Gasteiger partial charge in [0.2, 0.25) is 5.91 Å². The second-order valence-electron chi connectivity index (χ2n) is 4.04. The van der Waals surface area contributed by atoms with E-state index < -0.39 is 17.9 Å². The van der Waals surface area contributed by atoms with Gasteiger partial charge in [-0.1, -0.05) is 0 Å². The number of rotatable bonds is 6. The predicted octanol–water partition coefficient (Wildman–Crippen LogP) is 1.93. The Labute approximate surface area is 110 Å². The van der Waals surface area contributed by atoms with Crippen molar-refractivity contribution in [2.75, 3.05) is 20.8 Å². The first-order valence-electron chi connectivity index (χ1n) is 5.73. The second-order valence-corrected chi connectivity index (χ2v) is 4.04. The molecule has 1 amide bonds. The van der Waals surface area contributed by atoms with Crippen molar-refractivity contribution in [2.45, 2.75) is 19.8 Å². The largest absolute Gasteiger partial charge is 0.354 e. The Morgan fingerprint density at radius 3 is 2.47 bits per heavy atom. The fourth-order valence-electron chi connectivity index (χ4n) is 1.60. The molecule has 19 heavy (non-hydrogen) atoms. The van der Waals surface area contributed by atoms with Crippen molar-refractivity contribution in [1.29, 1.82) is 0 Å². The molecule has 0 spiro atoms. The molecule has 0 aliphatic carbocycles. The van der Waals surface area contributed by atoms with Crippen LogP contribution in [0.1, 0.15) is 12.5 Å². The highest BCUT2D eigenvalue weighted by Crippen LogP contribution is 2.13. The zero-order valence-corrected chi connectivity index (χ0v) is 11.2. The average molecular weight is 273 g/mol. The van der Waals surface area contributed by atoms with Gasteiger partial charge in [-0.15, -0.1) is 0 Å². The van der Waals surface area contributed by atoms with Crippen LogP contribution >= 0.6 is 0 Å². The Kier molecular flexibility index (Phi) is 5.85. The van der Waals surface area contributed by atoms with E-state index in [-0.39, 0.29) is 24.6 Å². The number of hydrogen-bond donors (Lipinski definition) is 0. The normalized spacial score (nSPS) is 10.8. The first kappa shape index (κ1) is 15.5. The quantitative estimate of drug-likeness (QED) is 0.743. The highest BCUT2D eigenvalue weighted by Gasteiger charge is 2.17. The number of ether oxygens (including phenoxy) is 2. The first-order valence-corrected chi connectivity index (χ1v) is 5.73. The van der Waals surface area contributed by atoms with Crippen LogP contribution in [0.5, 0.6) is 0 Å². The molecule has 0 atom stereocenters. The van der Waals surface area contributed by atoms with E-state index in [0.29, 0.717) is 0 Å². The zero-order chi connectivity index (χ0) is 14.4. The number of halogens is 2. The minimum atomic E-state index is -0.611. The number of hydrogen-bond acceptors (Lipinski definition) is 3. The number of carbonyl (C=O) groups is 1. The van der Waals surface area contributed by atoms with Crippen LogP contribution in [0.3, 0.4) is 0 Å². The van der Waals surface area contributed by atoms with Crippen molar-refractivity contribution in [3.05, 3.63) is 35.4 Å². The lowest BCUT2D eigenvalue weighted by Gasteiger charge is -2.25. The summed E-state index contributed by atoms with van der Waals surface area (Å²) in [5, 5.41) is 0. The minimum Gasteiger partial charge on any atom is -0.354 e. The van der Waals surface area contributed by atoms with Gasteiger partial charge in [0, 0.05) is 33.3 Å². The van der Waals surface area contributed by atoms with Crippen LogP contribution in [0.15, 0.2) is 18.2 Å². The molecule has 6 heteroatoms. The summed E-state index contributed by atoms with van der Waals surface area (Å²) in [6.07, 6.45) is -0.611. The van der Waals surface area contributed by atoms with Crippen molar-refractivity contribution in [3.63, 3.8) is 0 Å². The number of benzene rings is 1. The summed E-state index contributed by atoms with van der Waals surface area (Å²) in [4.78, 5) is 12.8. The molecule has 0 radical (unpaired) electrons. The van der Waals surface area contributed by atoms with Crippen LogP contribution in [0.2, 0.25) is 0 Å². The third-order valence-electron chi connectivity index (χ3n) is 2.71. The maximum Gasteiger partial charge on any atom is 0.219 e. The molecule has 1 rings (SSSR count). The molecule has 0 bridgehead atoms. The van der Waals surface area contributed by atoms with E-state index in [9.17, 15) is 13.6 Å². The lowest BCUT2D eigenvalue weighted by molar-refractivity contribution is -0.144. The van der Waals surface area contributed by atoms with Crippen molar-refractivity contribution >= 4 is 5.91 Å². The molecule has 0 aromatic heterocycles. The lowest BCUT2D eigenvalue weighted by atomic mass is 10.2. The fraction of sp³-hybridized carbons (Fsp3) is 0.462.